The molecule has 0 bridgehead atoms. The molecular formula is C15H24N2O2. The minimum atomic E-state index is -0.198. The molecule has 0 spiro atoms. The van der Waals surface area contributed by atoms with Crippen LogP contribution in [0.5, 0.6) is 5.75 Å². The Kier molecular flexibility index (Phi) is 5.67. The average Bonchev–Trinajstić information content (AvgIpc) is 2.33. The first-order chi connectivity index (χ1) is 8.90. The Morgan fingerprint density at radius 2 is 1.84 bits per heavy atom. The first-order valence-corrected chi connectivity index (χ1v) is 6.68. The van der Waals surface area contributed by atoms with Gasteiger partial charge in [0.2, 0.25) is 5.91 Å². The number of carbonyl (C=O) groups excluding carboxylic acids is 1. The third-order valence-corrected chi connectivity index (χ3v) is 2.29. The van der Waals surface area contributed by atoms with Crippen molar-refractivity contribution in [1.29, 1.82) is 0 Å². The fourth-order valence-corrected chi connectivity index (χ4v) is 1.53. The van der Waals surface area contributed by atoms with Gasteiger partial charge in [0.05, 0.1) is 13.2 Å². The van der Waals surface area contributed by atoms with Gasteiger partial charge in [-0.25, -0.2) is 0 Å². The van der Waals surface area contributed by atoms with E-state index in [4.69, 9.17) is 4.74 Å². The molecule has 1 amide bonds. The monoisotopic (exact) mass is 264 g/mol. The highest BCUT2D eigenvalue weighted by atomic mass is 16.5. The van der Waals surface area contributed by atoms with Crippen LogP contribution < -0.4 is 15.4 Å². The van der Waals surface area contributed by atoms with Crippen molar-refractivity contribution in [2.75, 3.05) is 18.5 Å². The Labute approximate surface area is 115 Å². The molecule has 1 aromatic rings. The Morgan fingerprint density at radius 3 is 2.37 bits per heavy atom. The van der Waals surface area contributed by atoms with Gasteiger partial charge in [0.25, 0.3) is 0 Å². The molecule has 0 saturated heterocycles. The lowest BCUT2D eigenvalue weighted by molar-refractivity contribution is -0.120. The predicted molar refractivity (Wildman–Crippen MR) is 78.6 cm³/mol. The van der Waals surface area contributed by atoms with Gasteiger partial charge in [0.15, 0.2) is 0 Å². The van der Waals surface area contributed by atoms with Crippen molar-refractivity contribution in [3.05, 3.63) is 24.3 Å². The molecule has 0 heterocycles. The summed E-state index contributed by atoms with van der Waals surface area (Å²) >= 11 is 0. The Morgan fingerprint density at radius 1 is 1.21 bits per heavy atom. The second kappa shape index (κ2) is 7.02. The van der Waals surface area contributed by atoms with E-state index in [-0.39, 0.29) is 18.0 Å². The van der Waals surface area contributed by atoms with Gasteiger partial charge in [-0.1, -0.05) is 6.92 Å². The molecule has 0 aromatic heterocycles. The molecule has 4 nitrogen and oxygen atoms in total. The van der Waals surface area contributed by atoms with Gasteiger partial charge >= 0.3 is 0 Å². The Bertz CT molecular complexity index is 394. The van der Waals surface area contributed by atoms with Crippen molar-refractivity contribution in [2.45, 2.75) is 39.7 Å². The van der Waals surface area contributed by atoms with E-state index in [0.29, 0.717) is 0 Å². The summed E-state index contributed by atoms with van der Waals surface area (Å²) in [5.74, 6) is 0.838. The van der Waals surface area contributed by atoms with Gasteiger partial charge in [-0.15, -0.1) is 0 Å². The minimum Gasteiger partial charge on any atom is -0.494 e. The van der Waals surface area contributed by atoms with Crippen LogP contribution in [0.25, 0.3) is 0 Å². The zero-order chi connectivity index (χ0) is 14.3. The van der Waals surface area contributed by atoms with Gasteiger partial charge in [0.1, 0.15) is 5.75 Å². The molecule has 0 atom stereocenters. The summed E-state index contributed by atoms with van der Waals surface area (Å²) in [6, 6.07) is 7.63. The lowest BCUT2D eigenvalue weighted by atomic mass is 10.1. The summed E-state index contributed by atoms with van der Waals surface area (Å²) in [6.45, 7) is 8.96. The Balaban J connectivity index is 2.39. The van der Waals surface area contributed by atoms with Crippen molar-refractivity contribution in [2.24, 2.45) is 0 Å². The van der Waals surface area contributed by atoms with E-state index in [1.54, 1.807) is 0 Å². The van der Waals surface area contributed by atoms with E-state index in [0.717, 1.165) is 24.5 Å². The van der Waals surface area contributed by atoms with E-state index >= 15 is 0 Å². The average molecular weight is 264 g/mol. The number of nitrogens with one attached hydrogen (secondary N) is 2. The van der Waals surface area contributed by atoms with E-state index in [2.05, 4.69) is 17.6 Å². The molecular weight excluding hydrogens is 240 g/mol. The van der Waals surface area contributed by atoms with Crippen LogP contribution >= 0.6 is 0 Å². The quantitative estimate of drug-likeness (QED) is 0.830. The fraction of sp³-hybridized carbons (Fsp3) is 0.533. The summed E-state index contributed by atoms with van der Waals surface area (Å²) in [7, 11) is 0. The van der Waals surface area contributed by atoms with Crippen molar-refractivity contribution in [3.8, 4) is 5.75 Å². The zero-order valence-electron chi connectivity index (χ0n) is 12.2. The maximum Gasteiger partial charge on any atom is 0.239 e. The summed E-state index contributed by atoms with van der Waals surface area (Å²) < 4.78 is 5.49. The standard InChI is InChI=1S/C15H24N2O2/c1-5-10-19-13-8-6-12(7-9-13)16-11-14(18)17-15(2,3)4/h6-9,16H,5,10-11H2,1-4H3,(H,17,18). The highest BCUT2D eigenvalue weighted by molar-refractivity contribution is 5.81. The van der Waals surface area contributed by atoms with Crippen LogP contribution in [0.3, 0.4) is 0 Å². The van der Waals surface area contributed by atoms with Crippen LogP contribution in [-0.4, -0.2) is 24.6 Å². The molecule has 0 unspecified atom stereocenters. The van der Waals surface area contributed by atoms with Crippen LogP contribution in [0.15, 0.2) is 24.3 Å². The molecule has 2 N–H and O–H groups in total. The van der Waals surface area contributed by atoms with Crippen molar-refractivity contribution in [3.63, 3.8) is 0 Å². The molecule has 0 aliphatic heterocycles. The van der Waals surface area contributed by atoms with Crippen LogP contribution in [0, 0.1) is 0 Å². The van der Waals surface area contributed by atoms with Crippen LogP contribution in [0.1, 0.15) is 34.1 Å². The molecule has 0 saturated carbocycles. The molecule has 0 aliphatic carbocycles. The molecule has 4 heteroatoms. The Hall–Kier alpha value is -1.71. The third kappa shape index (κ3) is 6.70. The maximum absolute atomic E-state index is 11.6. The first-order valence-electron chi connectivity index (χ1n) is 6.68. The van der Waals surface area contributed by atoms with E-state index in [1.165, 1.54) is 0 Å². The molecule has 19 heavy (non-hydrogen) atoms. The largest absolute Gasteiger partial charge is 0.494 e. The molecule has 0 fully saturated rings. The van der Waals surface area contributed by atoms with Crippen molar-refractivity contribution >= 4 is 11.6 Å². The van der Waals surface area contributed by atoms with Gasteiger partial charge in [0, 0.05) is 11.2 Å². The molecule has 1 aromatic carbocycles. The normalized spacial score (nSPS) is 10.9. The second-order valence-corrected chi connectivity index (χ2v) is 5.52. The van der Waals surface area contributed by atoms with Gasteiger partial charge in [-0.3, -0.25) is 4.79 Å². The van der Waals surface area contributed by atoms with Crippen LogP contribution in [0.4, 0.5) is 5.69 Å². The molecule has 106 valence electrons. The number of ether oxygens (including phenoxy) is 1. The van der Waals surface area contributed by atoms with E-state index in [1.807, 2.05) is 45.0 Å². The van der Waals surface area contributed by atoms with E-state index in [9.17, 15) is 4.79 Å². The number of hydrogen-bond donors (Lipinski definition) is 2. The number of anilines is 1. The summed E-state index contributed by atoms with van der Waals surface area (Å²) in [6.07, 6.45) is 0.993. The second-order valence-electron chi connectivity index (χ2n) is 5.52. The molecule has 0 radical (unpaired) electrons. The molecule has 0 aliphatic rings. The SMILES string of the molecule is CCCOc1ccc(NCC(=O)NC(C)(C)C)cc1. The zero-order valence-corrected chi connectivity index (χ0v) is 12.2. The molecule has 1 rings (SSSR count). The summed E-state index contributed by atoms with van der Waals surface area (Å²) in [5.41, 5.74) is 0.712. The smallest absolute Gasteiger partial charge is 0.239 e. The van der Waals surface area contributed by atoms with Crippen LogP contribution in [-0.2, 0) is 4.79 Å². The number of amides is 1. The van der Waals surface area contributed by atoms with Crippen molar-refractivity contribution < 1.29 is 9.53 Å². The number of rotatable bonds is 6. The minimum absolute atomic E-state index is 0.0150. The third-order valence-electron chi connectivity index (χ3n) is 2.29. The fourth-order valence-electron chi connectivity index (χ4n) is 1.53. The van der Waals surface area contributed by atoms with Gasteiger partial charge in [-0.05, 0) is 51.5 Å². The topological polar surface area (TPSA) is 50.4 Å². The number of hydrogen-bond acceptors (Lipinski definition) is 3. The number of benzene rings is 1. The van der Waals surface area contributed by atoms with Crippen LogP contribution in [0.2, 0.25) is 0 Å². The number of carbonyl (C=O) groups is 1. The lowest BCUT2D eigenvalue weighted by Gasteiger charge is -2.20. The first kappa shape index (κ1) is 15.3. The van der Waals surface area contributed by atoms with Gasteiger partial charge < -0.3 is 15.4 Å². The highest BCUT2D eigenvalue weighted by Crippen LogP contribution is 2.15. The maximum atomic E-state index is 11.6. The van der Waals surface area contributed by atoms with Gasteiger partial charge in [-0.2, -0.15) is 0 Å². The van der Waals surface area contributed by atoms with E-state index < -0.39 is 0 Å². The highest BCUT2D eigenvalue weighted by Gasteiger charge is 2.12. The predicted octanol–water partition coefficient (Wildman–Crippen LogP) is 2.80. The summed E-state index contributed by atoms with van der Waals surface area (Å²) in [4.78, 5) is 11.6. The lowest BCUT2D eigenvalue weighted by Crippen LogP contribution is -2.43. The van der Waals surface area contributed by atoms with Crippen molar-refractivity contribution in [1.82, 2.24) is 5.32 Å². The summed E-state index contributed by atoms with van der Waals surface area (Å²) in [5, 5.41) is 5.99.